The van der Waals surface area contributed by atoms with Crippen molar-refractivity contribution in [1.82, 2.24) is 19.9 Å². The molecule has 0 spiro atoms. The fourth-order valence-electron chi connectivity index (χ4n) is 5.10. The minimum absolute atomic E-state index is 0.0468. The van der Waals surface area contributed by atoms with Gasteiger partial charge in [-0.05, 0) is 66.2 Å². The number of benzene rings is 3. The number of methoxy groups -OCH3 is 1. The zero-order chi connectivity index (χ0) is 32.2. The smallest absolute Gasteiger partial charge is 0.323 e. The van der Waals surface area contributed by atoms with Crippen LogP contribution in [0.4, 0.5) is 26.4 Å². The number of morpholine rings is 1. The fraction of sp³-hybridized carbons (Fsp3) is 0.206. The van der Waals surface area contributed by atoms with Gasteiger partial charge in [0.25, 0.3) is 5.91 Å². The lowest BCUT2D eigenvalue weighted by atomic mass is 10.0. The van der Waals surface area contributed by atoms with Crippen LogP contribution in [0.15, 0.2) is 79.0 Å². The molecule has 1 aliphatic heterocycles. The first-order chi connectivity index (χ1) is 22.3. The van der Waals surface area contributed by atoms with Crippen LogP contribution in [-0.4, -0.2) is 79.3 Å². The minimum atomic E-state index is -0.714. The highest BCUT2D eigenvalue weighted by atomic mass is 19.1. The first kappa shape index (κ1) is 30.4. The number of nitrogens with one attached hydrogen (secondary N) is 2. The van der Waals surface area contributed by atoms with Gasteiger partial charge in [-0.1, -0.05) is 6.07 Å². The Morgan fingerprint density at radius 1 is 0.891 bits per heavy atom. The molecule has 0 radical (unpaired) electrons. The lowest BCUT2D eigenvalue weighted by Crippen LogP contribution is -2.37. The number of rotatable bonds is 7. The summed E-state index contributed by atoms with van der Waals surface area (Å²) in [4.78, 5) is 42.5. The van der Waals surface area contributed by atoms with E-state index in [-0.39, 0.29) is 17.2 Å². The first-order valence-electron chi connectivity index (χ1n) is 14.6. The summed E-state index contributed by atoms with van der Waals surface area (Å²) in [6, 6.07) is 20.2. The van der Waals surface area contributed by atoms with Crippen molar-refractivity contribution in [3.63, 3.8) is 0 Å². The van der Waals surface area contributed by atoms with E-state index < -0.39 is 11.8 Å². The van der Waals surface area contributed by atoms with Crippen molar-refractivity contribution < 1.29 is 23.5 Å². The molecule has 0 bridgehead atoms. The molecule has 3 heterocycles. The predicted octanol–water partition coefficient (Wildman–Crippen LogP) is 5.69. The third kappa shape index (κ3) is 6.57. The van der Waals surface area contributed by atoms with E-state index in [0.29, 0.717) is 43.7 Å². The molecule has 3 amide bonds. The molecule has 0 saturated carbocycles. The summed E-state index contributed by atoms with van der Waals surface area (Å²) in [7, 11) is 4.75. The standard InChI is InChI=1S/C34H32FN7O4/c1-41(2)33(43)23-7-12-28(27(35)18-23)39-34(44)37-25-9-4-21(5-10-25)31-38-29-19-22(24-8-13-30(45-3)36-20-24)6-11-26(29)32(40-31)42-14-16-46-17-15-42/h4-13,18-20H,14-17H2,1-3H3,(H2,37,39,44). The molecule has 12 heteroatoms. The van der Waals surface area contributed by atoms with E-state index in [1.54, 1.807) is 39.5 Å². The Kier molecular flexibility index (Phi) is 8.70. The van der Waals surface area contributed by atoms with Crippen molar-refractivity contribution in [2.24, 2.45) is 0 Å². The molecule has 1 saturated heterocycles. The number of nitrogens with zero attached hydrogens (tertiary/aromatic N) is 5. The van der Waals surface area contributed by atoms with Crippen LogP contribution in [0.5, 0.6) is 5.88 Å². The molecule has 11 nitrogen and oxygen atoms in total. The number of anilines is 3. The second kappa shape index (κ2) is 13.2. The van der Waals surface area contributed by atoms with Crippen LogP contribution >= 0.6 is 0 Å². The highest BCUT2D eigenvalue weighted by Gasteiger charge is 2.19. The molecule has 234 valence electrons. The van der Waals surface area contributed by atoms with Crippen LogP contribution < -0.4 is 20.3 Å². The number of amides is 3. The van der Waals surface area contributed by atoms with Crippen molar-refractivity contribution >= 4 is 40.0 Å². The average Bonchev–Trinajstić information content (AvgIpc) is 3.08. The van der Waals surface area contributed by atoms with E-state index in [9.17, 15) is 14.0 Å². The summed E-state index contributed by atoms with van der Waals surface area (Å²) in [6.45, 7) is 2.65. The molecule has 0 aliphatic carbocycles. The van der Waals surface area contributed by atoms with Crippen LogP contribution in [0.25, 0.3) is 33.4 Å². The second-order valence-corrected chi connectivity index (χ2v) is 10.8. The third-order valence-corrected chi connectivity index (χ3v) is 7.54. The number of hydrogen-bond donors (Lipinski definition) is 2. The molecule has 0 unspecified atom stereocenters. The van der Waals surface area contributed by atoms with Gasteiger partial charge >= 0.3 is 6.03 Å². The number of ether oxygens (including phenoxy) is 2. The average molecular weight is 622 g/mol. The molecule has 1 aliphatic rings. The summed E-state index contributed by atoms with van der Waals surface area (Å²) >= 11 is 0. The summed E-state index contributed by atoms with van der Waals surface area (Å²) in [5.74, 6) is 0.846. The van der Waals surface area contributed by atoms with Crippen LogP contribution in [0.1, 0.15) is 10.4 Å². The summed E-state index contributed by atoms with van der Waals surface area (Å²) in [5, 5.41) is 6.12. The molecular weight excluding hydrogens is 589 g/mol. The zero-order valence-electron chi connectivity index (χ0n) is 25.6. The van der Waals surface area contributed by atoms with Gasteiger partial charge in [-0.15, -0.1) is 0 Å². The number of fused-ring (bicyclic) bond motifs is 1. The van der Waals surface area contributed by atoms with Crippen LogP contribution in [0.2, 0.25) is 0 Å². The minimum Gasteiger partial charge on any atom is -0.481 e. The Balaban J connectivity index is 1.25. The lowest BCUT2D eigenvalue weighted by Gasteiger charge is -2.29. The highest BCUT2D eigenvalue weighted by Crippen LogP contribution is 2.32. The maximum atomic E-state index is 14.6. The summed E-state index contributed by atoms with van der Waals surface area (Å²) in [6.07, 6.45) is 1.77. The van der Waals surface area contributed by atoms with Crippen molar-refractivity contribution in [2.75, 3.05) is 63.0 Å². The first-order valence-corrected chi connectivity index (χ1v) is 14.6. The van der Waals surface area contributed by atoms with Gasteiger partial charge in [0.2, 0.25) is 5.88 Å². The van der Waals surface area contributed by atoms with Gasteiger partial charge in [0, 0.05) is 67.2 Å². The van der Waals surface area contributed by atoms with Gasteiger partial charge < -0.3 is 29.9 Å². The van der Waals surface area contributed by atoms with Gasteiger partial charge in [-0.25, -0.2) is 24.1 Å². The third-order valence-electron chi connectivity index (χ3n) is 7.54. The summed E-state index contributed by atoms with van der Waals surface area (Å²) in [5.41, 5.74) is 4.06. The number of aromatic nitrogens is 3. The summed E-state index contributed by atoms with van der Waals surface area (Å²) < 4.78 is 25.4. The number of halogens is 1. The number of urea groups is 1. The van der Waals surface area contributed by atoms with Gasteiger partial charge in [0.05, 0.1) is 31.5 Å². The molecule has 6 rings (SSSR count). The van der Waals surface area contributed by atoms with Crippen molar-refractivity contribution in [3.05, 3.63) is 90.4 Å². The number of carbonyl (C=O) groups excluding carboxylic acids is 2. The van der Waals surface area contributed by atoms with E-state index in [4.69, 9.17) is 19.4 Å². The Bertz CT molecular complexity index is 1890. The number of pyridine rings is 1. The largest absolute Gasteiger partial charge is 0.481 e. The Labute approximate surface area is 265 Å². The van der Waals surface area contributed by atoms with Gasteiger partial charge in [0.15, 0.2) is 5.82 Å². The lowest BCUT2D eigenvalue weighted by molar-refractivity contribution is 0.0827. The monoisotopic (exact) mass is 621 g/mol. The molecular formula is C34H32FN7O4. The topological polar surface area (TPSA) is 122 Å². The van der Waals surface area contributed by atoms with Gasteiger partial charge in [-0.2, -0.15) is 0 Å². The zero-order valence-corrected chi connectivity index (χ0v) is 25.6. The number of carbonyl (C=O) groups is 2. The SMILES string of the molecule is COc1ccc(-c2ccc3c(N4CCOCC4)nc(-c4ccc(NC(=O)Nc5ccc(C(=O)N(C)C)cc5F)cc4)nc3c2)cn1. The molecule has 1 fully saturated rings. The van der Waals surface area contributed by atoms with E-state index in [2.05, 4.69) is 20.5 Å². The maximum absolute atomic E-state index is 14.6. The van der Waals surface area contributed by atoms with E-state index >= 15 is 0 Å². The molecule has 3 aromatic carbocycles. The molecule has 2 aromatic heterocycles. The molecule has 0 atom stereocenters. The molecule has 5 aromatic rings. The highest BCUT2D eigenvalue weighted by molar-refractivity contribution is 6.01. The van der Waals surface area contributed by atoms with E-state index in [1.165, 1.54) is 17.0 Å². The predicted molar refractivity (Wildman–Crippen MR) is 175 cm³/mol. The van der Waals surface area contributed by atoms with Gasteiger partial charge in [-0.3, -0.25) is 4.79 Å². The Morgan fingerprint density at radius 3 is 2.30 bits per heavy atom. The number of hydrogen-bond acceptors (Lipinski definition) is 8. The van der Waals surface area contributed by atoms with Crippen LogP contribution in [-0.2, 0) is 4.74 Å². The van der Waals surface area contributed by atoms with Crippen molar-refractivity contribution in [1.29, 1.82) is 0 Å². The Morgan fingerprint density at radius 2 is 1.63 bits per heavy atom. The van der Waals surface area contributed by atoms with Gasteiger partial charge in [0.1, 0.15) is 11.6 Å². The van der Waals surface area contributed by atoms with Crippen molar-refractivity contribution in [3.8, 4) is 28.4 Å². The van der Waals surface area contributed by atoms with Crippen LogP contribution in [0, 0.1) is 5.82 Å². The molecule has 2 N–H and O–H groups in total. The Hall–Kier alpha value is -5.62. The maximum Gasteiger partial charge on any atom is 0.323 e. The fourth-order valence-corrected chi connectivity index (χ4v) is 5.10. The van der Waals surface area contributed by atoms with Crippen LogP contribution in [0.3, 0.4) is 0 Å². The van der Waals surface area contributed by atoms with E-state index in [1.807, 2.05) is 42.5 Å². The molecule has 46 heavy (non-hydrogen) atoms. The van der Waals surface area contributed by atoms with E-state index in [0.717, 1.165) is 39.5 Å². The quantitative estimate of drug-likeness (QED) is 0.238. The van der Waals surface area contributed by atoms with Crippen molar-refractivity contribution in [2.45, 2.75) is 0 Å². The normalized spacial score (nSPS) is 12.9. The second-order valence-electron chi connectivity index (χ2n) is 10.8.